The minimum Gasteiger partial charge on any atom is -0.397 e. The van der Waals surface area contributed by atoms with Gasteiger partial charge in [0.25, 0.3) is 0 Å². The number of nitrogens with two attached hydrogens (primary N) is 1. The van der Waals surface area contributed by atoms with Gasteiger partial charge in [-0.15, -0.1) is 0 Å². The van der Waals surface area contributed by atoms with E-state index in [1.165, 1.54) is 12.1 Å². The van der Waals surface area contributed by atoms with Crippen LogP contribution in [0.3, 0.4) is 0 Å². The van der Waals surface area contributed by atoms with Gasteiger partial charge in [0.1, 0.15) is 6.10 Å². The van der Waals surface area contributed by atoms with Crippen LogP contribution in [0.15, 0.2) is 42.6 Å². The third-order valence-electron chi connectivity index (χ3n) is 4.69. The van der Waals surface area contributed by atoms with Gasteiger partial charge in [0.2, 0.25) is 0 Å². The van der Waals surface area contributed by atoms with Crippen molar-refractivity contribution in [3.63, 3.8) is 0 Å². The van der Waals surface area contributed by atoms with Crippen LogP contribution in [0.25, 0.3) is 0 Å². The molecule has 0 bridgehead atoms. The molecule has 122 valence electrons. The molecule has 1 aromatic carbocycles. The highest BCUT2D eigenvalue weighted by molar-refractivity contribution is 5.46. The highest BCUT2D eigenvalue weighted by atomic mass is 19.4. The topological polar surface area (TPSA) is 59.1 Å². The SMILES string of the molecule is Nc1cccnc1C(O)C1(c2ccc(C(F)(F)F)cc2)CCC1. The molecule has 1 heterocycles. The molecule has 0 saturated heterocycles. The Hall–Kier alpha value is -2.08. The van der Waals surface area contributed by atoms with E-state index in [-0.39, 0.29) is 0 Å². The van der Waals surface area contributed by atoms with Crippen molar-refractivity contribution < 1.29 is 18.3 Å². The van der Waals surface area contributed by atoms with Gasteiger partial charge in [0.05, 0.1) is 16.9 Å². The van der Waals surface area contributed by atoms with Gasteiger partial charge in [0.15, 0.2) is 0 Å². The molecule has 0 aliphatic heterocycles. The van der Waals surface area contributed by atoms with E-state index in [1.54, 1.807) is 18.3 Å². The average Bonchev–Trinajstić information content (AvgIpc) is 2.46. The Labute approximate surface area is 132 Å². The van der Waals surface area contributed by atoms with Crippen LogP contribution in [0, 0.1) is 0 Å². The molecule has 1 unspecified atom stereocenters. The van der Waals surface area contributed by atoms with Crippen molar-refractivity contribution in [3.8, 4) is 0 Å². The van der Waals surface area contributed by atoms with Crippen molar-refractivity contribution >= 4 is 5.69 Å². The van der Waals surface area contributed by atoms with E-state index in [4.69, 9.17) is 5.73 Å². The fraction of sp³-hybridized carbons (Fsp3) is 0.353. The number of pyridine rings is 1. The summed E-state index contributed by atoms with van der Waals surface area (Å²) in [6.45, 7) is 0. The van der Waals surface area contributed by atoms with Crippen LogP contribution < -0.4 is 5.73 Å². The van der Waals surface area contributed by atoms with Gasteiger partial charge < -0.3 is 10.8 Å². The quantitative estimate of drug-likeness (QED) is 0.902. The Morgan fingerprint density at radius 1 is 1.13 bits per heavy atom. The molecule has 3 nitrogen and oxygen atoms in total. The second-order valence-corrected chi connectivity index (χ2v) is 5.97. The molecule has 1 saturated carbocycles. The fourth-order valence-corrected chi connectivity index (χ4v) is 3.19. The number of rotatable bonds is 3. The molecule has 0 radical (unpaired) electrons. The van der Waals surface area contributed by atoms with Gasteiger partial charge >= 0.3 is 6.18 Å². The Morgan fingerprint density at radius 3 is 2.26 bits per heavy atom. The lowest BCUT2D eigenvalue weighted by atomic mass is 9.60. The van der Waals surface area contributed by atoms with Crippen LogP contribution in [-0.4, -0.2) is 10.1 Å². The molecule has 1 fully saturated rings. The zero-order valence-corrected chi connectivity index (χ0v) is 12.3. The first-order chi connectivity index (χ1) is 10.8. The predicted molar refractivity (Wildman–Crippen MR) is 80.6 cm³/mol. The van der Waals surface area contributed by atoms with Gasteiger partial charge in [0, 0.05) is 11.6 Å². The van der Waals surface area contributed by atoms with E-state index in [0.717, 1.165) is 18.6 Å². The van der Waals surface area contributed by atoms with Crippen LogP contribution in [0.2, 0.25) is 0 Å². The molecular formula is C17H17F3N2O. The fourth-order valence-electron chi connectivity index (χ4n) is 3.19. The van der Waals surface area contributed by atoms with Gasteiger partial charge in [-0.1, -0.05) is 18.6 Å². The summed E-state index contributed by atoms with van der Waals surface area (Å²) < 4.78 is 38.1. The number of aromatic nitrogens is 1. The molecule has 1 atom stereocenters. The number of anilines is 1. The van der Waals surface area contributed by atoms with Crippen molar-refractivity contribution in [3.05, 3.63) is 59.4 Å². The molecule has 0 spiro atoms. The van der Waals surface area contributed by atoms with Crippen molar-refractivity contribution in [1.29, 1.82) is 0 Å². The smallest absolute Gasteiger partial charge is 0.397 e. The summed E-state index contributed by atoms with van der Waals surface area (Å²) in [7, 11) is 0. The third kappa shape index (κ3) is 2.67. The second kappa shape index (κ2) is 5.53. The first-order valence-electron chi connectivity index (χ1n) is 7.41. The molecule has 0 amide bonds. The van der Waals surface area contributed by atoms with Crippen molar-refractivity contribution in [2.75, 3.05) is 5.73 Å². The molecular weight excluding hydrogens is 305 g/mol. The van der Waals surface area contributed by atoms with Gasteiger partial charge in [-0.05, 0) is 42.7 Å². The molecule has 1 aromatic heterocycles. The van der Waals surface area contributed by atoms with E-state index in [0.29, 0.717) is 29.8 Å². The van der Waals surface area contributed by atoms with Crippen molar-refractivity contribution in [2.45, 2.75) is 37.0 Å². The zero-order chi connectivity index (χ0) is 16.7. The van der Waals surface area contributed by atoms with E-state index >= 15 is 0 Å². The highest BCUT2D eigenvalue weighted by Gasteiger charge is 2.47. The number of benzene rings is 1. The Bertz CT molecular complexity index is 694. The Kier molecular flexibility index (Phi) is 3.80. The predicted octanol–water partition coefficient (Wildman–Crippen LogP) is 3.84. The van der Waals surface area contributed by atoms with Gasteiger partial charge in [-0.25, -0.2) is 0 Å². The van der Waals surface area contributed by atoms with Crippen LogP contribution in [0.1, 0.15) is 42.2 Å². The summed E-state index contributed by atoms with van der Waals surface area (Å²) in [6, 6.07) is 8.35. The maximum absolute atomic E-state index is 12.7. The number of aliphatic hydroxyl groups is 1. The maximum Gasteiger partial charge on any atom is 0.416 e. The zero-order valence-electron chi connectivity index (χ0n) is 12.3. The third-order valence-corrected chi connectivity index (χ3v) is 4.69. The second-order valence-electron chi connectivity index (χ2n) is 5.97. The summed E-state index contributed by atoms with van der Waals surface area (Å²) in [5, 5.41) is 10.8. The first kappa shape index (κ1) is 15.8. The van der Waals surface area contributed by atoms with E-state index < -0.39 is 23.3 Å². The minimum atomic E-state index is -4.37. The monoisotopic (exact) mass is 322 g/mol. The van der Waals surface area contributed by atoms with Crippen LogP contribution in [0.4, 0.5) is 18.9 Å². The van der Waals surface area contributed by atoms with E-state index in [2.05, 4.69) is 4.98 Å². The number of alkyl halides is 3. The molecule has 6 heteroatoms. The number of nitrogen functional groups attached to an aromatic ring is 1. The summed E-state index contributed by atoms with van der Waals surface area (Å²) in [5.74, 6) is 0. The number of hydrogen-bond acceptors (Lipinski definition) is 3. The highest BCUT2D eigenvalue weighted by Crippen LogP contribution is 2.52. The molecule has 3 N–H and O–H groups in total. The minimum absolute atomic E-state index is 0.382. The molecule has 2 aromatic rings. The maximum atomic E-state index is 12.7. The number of nitrogens with zero attached hydrogens (tertiary/aromatic N) is 1. The lowest BCUT2D eigenvalue weighted by molar-refractivity contribution is -0.137. The van der Waals surface area contributed by atoms with E-state index in [9.17, 15) is 18.3 Å². The van der Waals surface area contributed by atoms with Crippen LogP contribution in [-0.2, 0) is 11.6 Å². The summed E-state index contributed by atoms with van der Waals surface area (Å²) in [5.41, 5.74) is 6.03. The van der Waals surface area contributed by atoms with Crippen LogP contribution >= 0.6 is 0 Å². The molecule has 1 aliphatic carbocycles. The van der Waals surface area contributed by atoms with Crippen molar-refractivity contribution in [1.82, 2.24) is 4.98 Å². The molecule has 23 heavy (non-hydrogen) atoms. The lowest BCUT2D eigenvalue weighted by Gasteiger charge is -2.46. The number of aliphatic hydroxyl groups excluding tert-OH is 1. The standard InChI is InChI=1S/C17H17F3N2O/c18-17(19,20)12-6-4-11(5-7-12)16(8-2-9-16)15(23)14-13(21)3-1-10-22-14/h1,3-7,10,15,23H,2,8-9,21H2. The van der Waals surface area contributed by atoms with E-state index in [1.807, 2.05) is 0 Å². The molecule has 3 rings (SSSR count). The van der Waals surface area contributed by atoms with Gasteiger partial charge in [-0.3, -0.25) is 4.98 Å². The number of halogens is 3. The largest absolute Gasteiger partial charge is 0.416 e. The lowest BCUT2D eigenvalue weighted by Crippen LogP contribution is -2.41. The summed E-state index contributed by atoms with van der Waals surface area (Å²) in [4.78, 5) is 4.15. The first-order valence-corrected chi connectivity index (χ1v) is 7.41. The average molecular weight is 322 g/mol. The Morgan fingerprint density at radius 2 is 1.78 bits per heavy atom. The summed E-state index contributed by atoms with van der Waals surface area (Å²) >= 11 is 0. The molecule has 1 aliphatic rings. The number of hydrogen-bond donors (Lipinski definition) is 2. The van der Waals surface area contributed by atoms with Crippen molar-refractivity contribution in [2.24, 2.45) is 0 Å². The summed E-state index contributed by atoms with van der Waals surface area (Å²) in [6.07, 6.45) is -1.46. The van der Waals surface area contributed by atoms with Gasteiger partial charge in [-0.2, -0.15) is 13.2 Å². The Balaban J connectivity index is 1.97. The van der Waals surface area contributed by atoms with Crippen LogP contribution in [0.5, 0.6) is 0 Å². The normalized spacial score (nSPS) is 18.3.